The molecule has 8 heteroatoms. The Balaban J connectivity index is 1.98. The predicted octanol–water partition coefficient (Wildman–Crippen LogP) is 3.64. The van der Waals surface area contributed by atoms with Gasteiger partial charge in [-0.2, -0.15) is 12.6 Å². The lowest BCUT2D eigenvalue weighted by molar-refractivity contribution is 0.363. The van der Waals surface area contributed by atoms with Gasteiger partial charge in [-0.1, -0.05) is 0 Å². The minimum Gasteiger partial charge on any atom is -0.369 e. The van der Waals surface area contributed by atoms with E-state index in [1.54, 1.807) is 0 Å². The van der Waals surface area contributed by atoms with E-state index in [-0.39, 0.29) is 17.8 Å². The summed E-state index contributed by atoms with van der Waals surface area (Å²) in [5.74, 6) is 0.00584. The van der Waals surface area contributed by atoms with Crippen LogP contribution in [-0.2, 0) is 6.54 Å². The van der Waals surface area contributed by atoms with E-state index in [2.05, 4.69) is 17.9 Å². The van der Waals surface area contributed by atoms with Crippen LogP contribution in [0.2, 0.25) is 0 Å². The Hall–Kier alpha value is -1.67. The molecular weight excluding hydrogens is 368 g/mol. The molecule has 0 aliphatic carbocycles. The molecular formula is C19H29F2N5S. The Labute approximate surface area is 165 Å². The summed E-state index contributed by atoms with van der Waals surface area (Å²) >= 11 is 4.19. The van der Waals surface area contributed by atoms with Crippen LogP contribution >= 0.6 is 12.6 Å². The van der Waals surface area contributed by atoms with E-state index in [1.807, 2.05) is 11.8 Å². The maximum atomic E-state index is 14.6. The fourth-order valence-corrected chi connectivity index (χ4v) is 3.57. The zero-order chi connectivity index (χ0) is 19.8. The first-order valence-electron chi connectivity index (χ1n) is 9.35. The number of nitrogens with zero attached hydrogens (tertiary/aromatic N) is 2. The Morgan fingerprint density at radius 3 is 2.52 bits per heavy atom. The van der Waals surface area contributed by atoms with E-state index >= 15 is 0 Å². The Morgan fingerprint density at radius 2 is 1.93 bits per heavy atom. The summed E-state index contributed by atoms with van der Waals surface area (Å²) in [5, 5.41) is 17.9. The highest BCUT2D eigenvalue weighted by atomic mass is 32.1. The van der Waals surface area contributed by atoms with E-state index in [1.165, 1.54) is 17.0 Å². The first-order chi connectivity index (χ1) is 13.0. The lowest BCUT2D eigenvalue weighted by Crippen LogP contribution is -2.44. The third-order valence-corrected chi connectivity index (χ3v) is 5.39. The molecule has 27 heavy (non-hydrogen) atoms. The van der Waals surface area contributed by atoms with Gasteiger partial charge in [-0.15, -0.1) is 0 Å². The highest BCUT2D eigenvalue weighted by Gasteiger charge is 2.25. The number of hydrogen-bond donors (Lipinski definition) is 4. The molecule has 1 aromatic rings. The molecule has 0 radical (unpaired) electrons. The molecule has 0 unspecified atom stereocenters. The molecule has 0 amide bonds. The van der Waals surface area contributed by atoms with Crippen molar-refractivity contribution in [1.82, 2.24) is 10.2 Å². The third-order valence-electron chi connectivity index (χ3n) is 5.08. The highest BCUT2D eigenvalue weighted by Crippen LogP contribution is 2.27. The molecule has 0 aromatic heterocycles. The summed E-state index contributed by atoms with van der Waals surface area (Å²) in [7, 11) is 0. The number of nitrogens with one attached hydrogen (secondary N) is 3. The van der Waals surface area contributed by atoms with E-state index in [0.717, 1.165) is 31.3 Å². The van der Waals surface area contributed by atoms with Gasteiger partial charge in [0.05, 0.1) is 18.4 Å². The van der Waals surface area contributed by atoms with Crippen molar-refractivity contribution in [3.63, 3.8) is 0 Å². The van der Waals surface area contributed by atoms with Gasteiger partial charge in [-0.3, -0.25) is 10.8 Å². The van der Waals surface area contributed by atoms with Crippen LogP contribution < -0.4 is 10.2 Å². The standard InChI is InChI=1S/C19H29F2N5S/c1-14(3-2-8-27)24-11-15-9-18(21)19(10-17(15)20)25-6-4-16(5-7-25)26(12-22)13-23/h9-10,12-14,16,22-24,27H,2-8,11H2,1H3/t14-/m0/s1. The third kappa shape index (κ3) is 5.90. The van der Waals surface area contributed by atoms with Crippen LogP contribution in [0.5, 0.6) is 0 Å². The largest absolute Gasteiger partial charge is 0.369 e. The van der Waals surface area contributed by atoms with E-state index in [4.69, 9.17) is 10.8 Å². The molecule has 1 fully saturated rings. The smallest absolute Gasteiger partial charge is 0.147 e. The highest BCUT2D eigenvalue weighted by molar-refractivity contribution is 7.80. The number of halogens is 2. The predicted molar refractivity (Wildman–Crippen MR) is 110 cm³/mol. The maximum Gasteiger partial charge on any atom is 0.147 e. The molecule has 1 heterocycles. The second-order valence-corrected chi connectivity index (χ2v) is 7.41. The summed E-state index contributed by atoms with van der Waals surface area (Å²) in [6.45, 7) is 3.46. The number of benzene rings is 1. The van der Waals surface area contributed by atoms with Crippen LogP contribution in [0.4, 0.5) is 14.5 Å². The number of rotatable bonds is 10. The fraction of sp³-hybridized carbons (Fsp3) is 0.579. The van der Waals surface area contributed by atoms with Gasteiger partial charge >= 0.3 is 0 Å². The van der Waals surface area contributed by atoms with Crippen LogP contribution in [-0.4, -0.2) is 48.5 Å². The second kappa shape index (κ2) is 10.6. The van der Waals surface area contributed by atoms with Crippen molar-refractivity contribution in [3.8, 4) is 0 Å². The van der Waals surface area contributed by atoms with E-state index in [9.17, 15) is 8.78 Å². The van der Waals surface area contributed by atoms with Crippen molar-refractivity contribution < 1.29 is 8.78 Å². The number of thiol groups is 1. The van der Waals surface area contributed by atoms with Crippen molar-refractivity contribution >= 4 is 31.0 Å². The zero-order valence-electron chi connectivity index (χ0n) is 15.7. The van der Waals surface area contributed by atoms with E-state index in [0.29, 0.717) is 38.0 Å². The van der Waals surface area contributed by atoms with Gasteiger partial charge in [0, 0.05) is 43.3 Å². The molecule has 1 aliphatic heterocycles. The van der Waals surface area contributed by atoms with Crippen LogP contribution in [0.15, 0.2) is 12.1 Å². The van der Waals surface area contributed by atoms with Gasteiger partial charge < -0.3 is 15.1 Å². The van der Waals surface area contributed by atoms with Crippen molar-refractivity contribution in [2.45, 2.75) is 51.2 Å². The average Bonchev–Trinajstić information content (AvgIpc) is 2.68. The number of hydrogen-bond acceptors (Lipinski definition) is 5. The normalized spacial score (nSPS) is 16.2. The molecule has 150 valence electrons. The Bertz CT molecular complexity index is 627. The van der Waals surface area contributed by atoms with Gasteiger partial charge in [0.25, 0.3) is 0 Å². The molecule has 1 aromatic carbocycles. The maximum absolute atomic E-state index is 14.6. The fourth-order valence-electron chi connectivity index (χ4n) is 3.39. The SMILES string of the molecule is C[C@@H](CCCS)NCc1cc(F)c(N2CCC(N(C=N)C=N)CC2)cc1F. The van der Waals surface area contributed by atoms with E-state index < -0.39 is 11.6 Å². The summed E-state index contributed by atoms with van der Waals surface area (Å²) in [5.41, 5.74) is 0.622. The van der Waals surface area contributed by atoms with Crippen LogP contribution in [0, 0.1) is 22.5 Å². The lowest BCUT2D eigenvalue weighted by Gasteiger charge is -2.37. The topological polar surface area (TPSA) is 66.2 Å². The van der Waals surface area contributed by atoms with Gasteiger partial charge in [0.15, 0.2) is 0 Å². The van der Waals surface area contributed by atoms with Crippen LogP contribution in [0.25, 0.3) is 0 Å². The molecule has 1 aliphatic rings. The number of piperidine rings is 1. The molecule has 1 atom stereocenters. The quantitative estimate of drug-likeness (QED) is 0.277. The lowest BCUT2D eigenvalue weighted by atomic mass is 10.0. The molecule has 0 bridgehead atoms. The van der Waals surface area contributed by atoms with Crippen molar-refractivity contribution in [2.24, 2.45) is 0 Å². The molecule has 2 rings (SSSR count). The summed E-state index contributed by atoms with van der Waals surface area (Å²) in [4.78, 5) is 3.38. The minimum absolute atomic E-state index is 0.0615. The second-order valence-electron chi connectivity index (χ2n) is 6.97. The van der Waals surface area contributed by atoms with Gasteiger partial charge in [0.1, 0.15) is 11.6 Å². The molecule has 1 saturated heterocycles. The molecule has 5 nitrogen and oxygen atoms in total. The Morgan fingerprint density at radius 1 is 1.26 bits per heavy atom. The summed E-state index contributed by atoms with van der Waals surface area (Å²) in [6.07, 6.45) is 5.58. The van der Waals surface area contributed by atoms with Crippen molar-refractivity contribution in [3.05, 3.63) is 29.3 Å². The van der Waals surface area contributed by atoms with Gasteiger partial charge in [-0.25, -0.2) is 8.78 Å². The van der Waals surface area contributed by atoms with Crippen LogP contribution in [0.1, 0.15) is 38.2 Å². The van der Waals surface area contributed by atoms with Crippen molar-refractivity contribution in [2.75, 3.05) is 23.7 Å². The minimum atomic E-state index is -0.411. The average molecular weight is 398 g/mol. The molecule has 0 saturated carbocycles. The first-order valence-corrected chi connectivity index (χ1v) is 9.99. The monoisotopic (exact) mass is 397 g/mol. The molecule has 0 spiro atoms. The first kappa shape index (κ1) is 21.6. The van der Waals surface area contributed by atoms with Gasteiger partial charge in [0.2, 0.25) is 0 Å². The van der Waals surface area contributed by atoms with Crippen molar-refractivity contribution in [1.29, 1.82) is 10.8 Å². The Kier molecular flexibility index (Phi) is 8.50. The summed E-state index contributed by atoms with van der Waals surface area (Å²) < 4.78 is 29.1. The zero-order valence-corrected chi connectivity index (χ0v) is 16.6. The van der Waals surface area contributed by atoms with Crippen LogP contribution in [0.3, 0.4) is 0 Å². The molecule has 3 N–H and O–H groups in total. The van der Waals surface area contributed by atoms with Gasteiger partial charge in [-0.05, 0) is 44.4 Å². The number of anilines is 1. The summed E-state index contributed by atoms with van der Waals surface area (Å²) in [6, 6.07) is 2.86.